The number of hydrogen-bond acceptors (Lipinski definition) is 2. The maximum absolute atomic E-state index is 6.35. The minimum absolute atomic E-state index is 0.0674. The topological polar surface area (TPSA) is 12.5 Å². The van der Waals surface area contributed by atoms with E-state index in [0.29, 0.717) is 0 Å². The summed E-state index contributed by atoms with van der Waals surface area (Å²) in [6.45, 7) is 2.11. The average molecular weight is 283 g/mol. The van der Waals surface area contributed by atoms with Gasteiger partial charge >= 0.3 is 7.05 Å². The molecule has 0 N–H and O–H groups in total. The fraction of sp³-hybridized carbons (Fsp3) is 0.0526. The van der Waals surface area contributed by atoms with E-state index in [4.69, 9.17) is 4.65 Å². The maximum Gasteiger partial charge on any atom is 0.524 e. The maximum atomic E-state index is 6.35. The largest absolute Gasteiger partial charge is 0.536 e. The van der Waals surface area contributed by atoms with Crippen LogP contribution < -0.4 is 14.9 Å². The van der Waals surface area contributed by atoms with Crippen LogP contribution in [0.5, 0.6) is 5.75 Å². The van der Waals surface area contributed by atoms with Crippen molar-refractivity contribution < 1.29 is 4.65 Å². The molecule has 2 heterocycles. The molecule has 0 saturated heterocycles. The third-order valence-corrected chi connectivity index (χ3v) is 4.60. The third kappa shape index (κ3) is 1.41. The molecule has 0 aromatic heterocycles. The van der Waals surface area contributed by atoms with Crippen molar-refractivity contribution in [3.63, 3.8) is 0 Å². The van der Waals surface area contributed by atoms with Gasteiger partial charge in [0, 0.05) is 11.3 Å². The number of nitrogens with zero attached hydrogens (tertiary/aromatic N) is 1. The fourth-order valence-electron chi connectivity index (χ4n) is 3.60. The summed E-state index contributed by atoms with van der Waals surface area (Å²) in [5.74, 6) is 0.999. The van der Waals surface area contributed by atoms with Crippen LogP contribution in [-0.2, 0) is 0 Å². The molecule has 0 atom stereocenters. The van der Waals surface area contributed by atoms with Gasteiger partial charge in [-0.05, 0) is 35.6 Å². The summed E-state index contributed by atoms with van der Waals surface area (Å²) in [5, 5.41) is 0. The summed E-state index contributed by atoms with van der Waals surface area (Å²) in [4.78, 5) is 2.32. The second-order valence-electron chi connectivity index (χ2n) is 5.87. The Labute approximate surface area is 130 Å². The van der Waals surface area contributed by atoms with Crippen LogP contribution in [0.15, 0.2) is 66.7 Å². The number of hydrogen-bond donors (Lipinski definition) is 0. The van der Waals surface area contributed by atoms with Gasteiger partial charge in [0.1, 0.15) is 5.75 Å². The Morgan fingerprint density at radius 2 is 1.50 bits per heavy atom. The van der Waals surface area contributed by atoms with Crippen LogP contribution in [-0.4, -0.2) is 7.05 Å². The number of rotatable bonds is 0. The van der Waals surface area contributed by atoms with Crippen LogP contribution in [0.4, 0.5) is 11.4 Å². The Morgan fingerprint density at radius 1 is 0.773 bits per heavy atom. The Hall–Kier alpha value is -2.68. The molecule has 0 aliphatic carbocycles. The molecule has 0 radical (unpaired) electrons. The normalized spacial score (nSPS) is 13.9. The molecule has 0 spiro atoms. The van der Waals surface area contributed by atoms with E-state index in [9.17, 15) is 0 Å². The molecule has 5 rings (SSSR count). The number of aryl methyl sites for hydroxylation is 1. The van der Waals surface area contributed by atoms with Gasteiger partial charge in [0.15, 0.2) is 0 Å². The van der Waals surface area contributed by atoms with E-state index in [-0.39, 0.29) is 7.05 Å². The van der Waals surface area contributed by atoms with Crippen LogP contribution >= 0.6 is 0 Å². The van der Waals surface area contributed by atoms with Crippen LogP contribution in [0.3, 0.4) is 0 Å². The molecule has 104 valence electrons. The Bertz CT molecular complexity index is 905. The standard InChI is InChI=1S/C19H14BNO/c1-13-7-6-12-18-19(13)22-20-16-10-4-2-8-14(16)15-9-3-5-11-17(15)21(18)20/h2-12H,1H3. The quantitative estimate of drug-likeness (QED) is 0.580. The molecule has 0 amide bonds. The van der Waals surface area contributed by atoms with Gasteiger partial charge < -0.3 is 9.47 Å². The van der Waals surface area contributed by atoms with Crippen molar-refractivity contribution in [2.24, 2.45) is 0 Å². The zero-order chi connectivity index (χ0) is 14.7. The monoisotopic (exact) mass is 283 g/mol. The molecule has 0 unspecified atom stereocenters. The lowest BCUT2D eigenvalue weighted by molar-refractivity contribution is 0.598. The Kier molecular flexibility index (Phi) is 2.26. The van der Waals surface area contributed by atoms with E-state index in [1.165, 1.54) is 27.8 Å². The summed E-state index contributed by atoms with van der Waals surface area (Å²) in [5.41, 5.74) is 7.33. The molecule has 0 fully saturated rings. The first-order valence-electron chi connectivity index (χ1n) is 7.58. The first-order chi connectivity index (χ1) is 10.8. The van der Waals surface area contributed by atoms with E-state index in [1.807, 2.05) is 0 Å². The summed E-state index contributed by atoms with van der Waals surface area (Å²) in [6, 6.07) is 23.5. The highest BCUT2D eigenvalue weighted by molar-refractivity contribution is 6.77. The molecule has 2 aliphatic rings. The number of benzene rings is 3. The SMILES string of the molecule is Cc1cccc2c1OB1c3ccccc3-c3ccccc3N12. The zero-order valence-corrected chi connectivity index (χ0v) is 12.3. The van der Waals surface area contributed by atoms with Crippen molar-refractivity contribution in [1.82, 2.24) is 0 Å². The molecule has 3 heteroatoms. The Morgan fingerprint density at radius 3 is 2.41 bits per heavy atom. The predicted octanol–water partition coefficient (Wildman–Crippen LogP) is 3.90. The van der Waals surface area contributed by atoms with Crippen molar-refractivity contribution in [2.45, 2.75) is 6.92 Å². The Balaban J connectivity index is 1.85. The second-order valence-corrected chi connectivity index (χ2v) is 5.87. The van der Waals surface area contributed by atoms with E-state index >= 15 is 0 Å². The smallest absolute Gasteiger partial charge is 0.524 e. The molecule has 2 nitrogen and oxygen atoms in total. The van der Waals surface area contributed by atoms with Gasteiger partial charge in [-0.25, -0.2) is 0 Å². The predicted molar refractivity (Wildman–Crippen MR) is 91.2 cm³/mol. The highest BCUT2D eigenvalue weighted by Crippen LogP contribution is 2.47. The molecule has 0 bridgehead atoms. The molecule has 22 heavy (non-hydrogen) atoms. The van der Waals surface area contributed by atoms with Gasteiger partial charge in [-0.1, -0.05) is 54.6 Å². The summed E-state index contributed by atoms with van der Waals surface area (Å²) >= 11 is 0. The van der Waals surface area contributed by atoms with Gasteiger partial charge in [0.25, 0.3) is 0 Å². The summed E-state index contributed by atoms with van der Waals surface area (Å²) in [7, 11) is -0.0674. The van der Waals surface area contributed by atoms with Crippen LogP contribution in [0, 0.1) is 6.92 Å². The van der Waals surface area contributed by atoms with Crippen molar-refractivity contribution in [3.05, 3.63) is 72.3 Å². The number of anilines is 2. The fourth-order valence-corrected chi connectivity index (χ4v) is 3.60. The minimum Gasteiger partial charge on any atom is -0.536 e. The van der Waals surface area contributed by atoms with E-state index < -0.39 is 0 Å². The first kappa shape index (κ1) is 11.9. The average Bonchev–Trinajstić information content (AvgIpc) is 2.97. The van der Waals surface area contributed by atoms with E-state index in [1.54, 1.807) is 0 Å². The van der Waals surface area contributed by atoms with Gasteiger partial charge in [-0.2, -0.15) is 0 Å². The molecular formula is C19H14BNO. The van der Waals surface area contributed by atoms with Crippen molar-refractivity contribution in [1.29, 1.82) is 0 Å². The highest BCUT2D eigenvalue weighted by atomic mass is 16.5. The van der Waals surface area contributed by atoms with E-state index in [0.717, 1.165) is 11.4 Å². The molecule has 2 aliphatic heterocycles. The van der Waals surface area contributed by atoms with E-state index in [2.05, 4.69) is 78.5 Å². The molecule has 3 aromatic rings. The van der Waals surface area contributed by atoms with Gasteiger partial charge in [-0.3, -0.25) is 0 Å². The summed E-state index contributed by atoms with van der Waals surface area (Å²) in [6.07, 6.45) is 0. The number of para-hydroxylation sites is 2. The highest BCUT2D eigenvalue weighted by Gasteiger charge is 2.45. The van der Waals surface area contributed by atoms with Crippen molar-refractivity contribution >= 4 is 23.9 Å². The molecule has 3 aromatic carbocycles. The van der Waals surface area contributed by atoms with Gasteiger partial charge in [-0.15, -0.1) is 0 Å². The second kappa shape index (κ2) is 4.17. The van der Waals surface area contributed by atoms with Crippen LogP contribution in [0.1, 0.15) is 5.56 Å². The first-order valence-corrected chi connectivity index (χ1v) is 7.58. The summed E-state index contributed by atoms with van der Waals surface area (Å²) < 4.78 is 6.35. The van der Waals surface area contributed by atoms with Crippen LogP contribution in [0.2, 0.25) is 0 Å². The lowest BCUT2D eigenvalue weighted by Crippen LogP contribution is -2.50. The van der Waals surface area contributed by atoms with Crippen molar-refractivity contribution in [3.8, 4) is 16.9 Å². The minimum atomic E-state index is -0.0674. The molecule has 0 saturated carbocycles. The van der Waals surface area contributed by atoms with Crippen LogP contribution in [0.25, 0.3) is 11.1 Å². The number of fused-ring (bicyclic) bond motifs is 8. The molecular weight excluding hydrogens is 269 g/mol. The lowest BCUT2D eigenvalue weighted by atomic mass is 9.65. The third-order valence-electron chi connectivity index (χ3n) is 4.60. The zero-order valence-electron chi connectivity index (χ0n) is 12.3. The van der Waals surface area contributed by atoms with Gasteiger partial charge in [0.2, 0.25) is 0 Å². The van der Waals surface area contributed by atoms with Gasteiger partial charge in [0.05, 0.1) is 5.69 Å². The lowest BCUT2D eigenvalue weighted by Gasteiger charge is -2.31. The van der Waals surface area contributed by atoms with Crippen molar-refractivity contribution in [2.75, 3.05) is 4.81 Å².